The van der Waals surface area contributed by atoms with Crippen LogP contribution in [-0.4, -0.2) is 27.2 Å². The molecule has 30 heavy (non-hydrogen) atoms. The molecule has 0 unspecified atom stereocenters. The van der Waals surface area contributed by atoms with E-state index in [1.807, 2.05) is 25.2 Å². The second-order valence-electron chi connectivity index (χ2n) is 7.88. The van der Waals surface area contributed by atoms with Gasteiger partial charge < -0.3 is 9.26 Å². The third-order valence-electron chi connectivity index (χ3n) is 5.70. The molecular weight excluding hydrogens is 392 g/mol. The molecule has 2 saturated carbocycles. The van der Waals surface area contributed by atoms with E-state index in [-0.39, 0.29) is 30.4 Å². The van der Waals surface area contributed by atoms with Crippen molar-refractivity contribution in [2.24, 2.45) is 11.8 Å². The van der Waals surface area contributed by atoms with Gasteiger partial charge in [0.25, 0.3) is 5.56 Å². The van der Waals surface area contributed by atoms with Crippen molar-refractivity contribution >= 4 is 0 Å². The predicted molar refractivity (Wildman–Crippen MR) is 107 cm³/mol. The Morgan fingerprint density at radius 3 is 2.60 bits per heavy atom. The fourth-order valence-electron chi connectivity index (χ4n) is 3.75. The van der Waals surface area contributed by atoms with Crippen molar-refractivity contribution in [2.45, 2.75) is 44.6 Å². The highest BCUT2D eigenvalue weighted by Gasteiger charge is 2.46. The molecule has 8 heteroatoms. The minimum atomic E-state index is -2.52. The molecule has 2 aromatic rings. The Hall–Kier alpha value is -3.03. The summed E-state index contributed by atoms with van der Waals surface area (Å²) in [6.07, 6.45) is 10.2. The first-order valence-corrected chi connectivity index (χ1v) is 9.91. The third kappa shape index (κ3) is 4.42. The van der Waals surface area contributed by atoms with Gasteiger partial charge in [-0.05, 0) is 37.2 Å². The molecule has 0 amide bonds. The molecule has 0 spiro atoms. The highest BCUT2D eigenvalue weighted by atomic mass is 19.3. The fraction of sp³-hybridized carbons (Fsp3) is 0.409. The minimum absolute atomic E-state index is 0.0250. The van der Waals surface area contributed by atoms with Gasteiger partial charge >= 0.3 is 0 Å². The van der Waals surface area contributed by atoms with Gasteiger partial charge in [-0.15, -0.1) is 0 Å². The van der Waals surface area contributed by atoms with Gasteiger partial charge in [-0.25, -0.2) is 18.7 Å². The van der Waals surface area contributed by atoms with Crippen molar-refractivity contribution in [1.82, 2.24) is 15.1 Å². The maximum absolute atomic E-state index is 13.1. The predicted octanol–water partition coefficient (Wildman–Crippen LogP) is 4.69. The Balaban J connectivity index is 1.24. The van der Waals surface area contributed by atoms with E-state index < -0.39 is 5.92 Å². The zero-order chi connectivity index (χ0) is 21.3. The fourth-order valence-corrected chi connectivity index (χ4v) is 3.75. The van der Waals surface area contributed by atoms with E-state index in [0.29, 0.717) is 23.3 Å². The summed E-state index contributed by atoms with van der Waals surface area (Å²) in [4.78, 5) is 19.5. The summed E-state index contributed by atoms with van der Waals surface area (Å²) in [6.45, 7) is 6.00. The molecule has 1 N–H and O–H groups in total. The van der Waals surface area contributed by atoms with Crippen molar-refractivity contribution in [3.8, 4) is 17.3 Å². The van der Waals surface area contributed by atoms with Crippen LogP contribution < -0.4 is 10.3 Å². The Kier molecular flexibility index (Phi) is 5.40. The van der Waals surface area contributed by atoms with Crippen LogP contribution in [0.25, 0.3) is 11.5 Å². The lowest BCUT2D eigenvalue weighted by molar-refractivity contribution is -0.0984. The maximum atomic E-state index is 13.1. The van der Waals surface area contributed by atoms with E-state index >= 15 is 0 Å². The number of hydrogen-bond donors (Lipinski definition) is 1. The number of aromatic amines is 1. The highest BCUT2D eigenvalue weighted by molar-refractivity contribution is 5.49. The second kappa shape index (κ2) is 8.01. The summed E-state index contributed by atoms with van der Waals surface area (Å²) >= 11 is 0. The molecule has 158 valence electrons. The Labute approximate surface area is 172 Å². The number of rotatable bonds is 7. The topological polar surface area (TPSA) is 81.0 Å². The third-order valence-corrected chi connectivity index (χ3v) is 5.70. The largest absolute Gasteiger partial charge is 0.473 e. The zero-order valence-electron chi connectivity index (χ0n) is 16.6. The number of nitrogens with one attached hydrogen (secondary N) is 1. The molecular formula is C22H23F2N3O3. The van der Waals surface area contributed by atoms with E-state index in [2.05, 4.69) is 21.7 Å². The number of ether oxygens (including phenoxy) is 1. The number of allylic oxidation sites excluding steroid dienone is 5. The van der Waals surface area contributed by atoms with E-state index in [0.717, 1.165) is 24.0 Å². The van der Waals surface area contributed by atoms with Crippen molar-refractivity contribution in [1.29, 1.82) is 0 Å². The van der Waals surface area contributed by atoms with Crippen LogP contribution in [0.1, 0.15) is 32.6 Å². The van der Waals surface area contributed by atoms with Crippen molar-refractivity contribution in [2.75, 3.05) is 0 Å². The van der Waals surface area contributed by atoms with Crippen LogP contribution >= 0.6 is 0 Å². The lowest BCUT2D eigenvalue weighted by Gasteiger charge is -2.36. The van der Waals surface area contributed by atoms with Crippen LogP contribution in [0.4, 0.5) is 8.78 Å². The van der Waals surface area contributed by atoms with Crippen LogP contribution in [0.15, 0.2) is 63.7 Å². The SMILES string of the molecule is C=C(/C=C\C(=C/C)C1CC(F)(F)C1)C1CC(Oc2cnc(-c3cc(=O)[nH]o3)cn2)C1. The van der Waals surface area contributed by atoms with Gasteiger partial charge in [0.05, 0.1) is 18.5 Å². The molecule has 4 rings (SSSR count). The maximum Gasteiger partial charge on any atom is 0.280 e. The molecule has 2 aromatic heterocycles. The van der Waals surface area contributed by atoms with Crippen molar-refractivity contribution in [3.63, 3.8) is 0 Å². The van der Waals surface area contributed by atoms with Gasteiger partial charge in [0.1, 0.15) is 11.8 Å². The quantitative estimate of drug-likeness (QED) is 0.664. The van der Waals surface area contributed by atoms with Crippen molar-refractivity contribution < 1.29 is 18.0 Å². The number of nitrogens with zero attached hydrogens (tertiary/aromatic N) is 2. The van der Waals surface area contributed by atoms with Crippen LogP contribution in [0, 0.1) is 11.8 Å². The lowest BCUT2D eigenvalue weighted by atomic mass is 9.75. The Bertz CT molecular complexity index is 1020. The molecule has 6 nitrogen and oxygen atoms in total. The number of H-pyrrole nitrogens is 1. The highest BCUT2D eigenvalue weighted by Crippen LogP contribution is 2.46. The molecule has 2 aliphatic rings. The van der Waals surface area contributed by atoms with Gasteiger partial charge in [0, 0.05) is 12.8 Å². The Morgan fingerprint density at radius 2 is 2.03 bits per heavy atom. The molecule has 0 radical (unpaired) electrons. The van der Waals surface area contributed by atoms with E-state index in [9.17, 15) is 13.6 Å². The molecule has 2 heterocycles. The van der Waals surface area contributed by atoms with Crippen LogP contribution in [0.5, 0.6) is 5.88 Å². The molecule has 0 saturated heterocycles. The molecule has 0 atom stereocenters. The zero-order valence-corrected chi connectivity index (χ0v) is 16.6. The molecule has 2 fully saturated rings. The molecule has 0 aromatic carbocycles. The number of alkyl halides is 2. The molecule has 0 bridgehead atoms. The van der Waals surface area contributed by atoms with Gasteiger partial charge in [-0.2, -0.15) is 5.16 Å². The summed E-state index contributed by atoms with van der Waals surface area (Å²) < 4.78 is 37.0. The molecule has 2 aliphatic carbocycles. The Morgan fingerprint density at radius 1 is 1.27 bits per heavy atom. The number of hydrogen-bond acceptors (Lipinski definition) is 5. The van der Waals surface area contributed by atoms with Crippen LogP contribution in [0.3, 0.4) is 0 Å². The summed E-state index contributed by atoms with van der Waals surface area (Å²) in [5.41, 5.74) is 2.02. The summed E-state index contributed by atoms with van der Waals surface area (Å²) in [6, 6.07) is 1.30. The monoisotopic (exact) mass is 415 g/mol. The number of halogens is 2. The first-order valence-electron chi connectivity index (χ1n) is 9.91. The second-order valence-corrected chi connectivity index (χ2v) is 7.88. The van der Waals surface area contributed by atoms with Crippen LogP contribution in [-0.2, 0) is 0 Å². The van der Waals surface area contributed by atoms with Gasteiger partial charge in [-0.1, -0.05) is 30.4 Å². The van der Waals surface area contributed by atoms with E-state index in [4.69, 9.17) is 9.26 Å². The minimum Gasteiger partial charge on any atom is -0.473 e. The summed E-state index contributed by atoms with van der Waals surface area (Å²) in [5.74, 6) is -1.56. The van der Waals surface area contributed by atoms with Gasteiger partial charge in [0.2, 0.25) is 11.8 Å². The lowest BCUT2D eigenvalue weighted by Crippen LogP contribution is -2.36. The smallest absolute Gasteiger partial charge is 0.280 e. The summed E-state index contributed by atoms with van der Waals surface area (Å²) in [7, 11) is 0. The van der Waals surface area contributed by atoms with E-state index in [1.165, 1.54) is 18.5 Å². The van der Waals surface area contributed by atoms with Gasteiger partial charge in [0.15, 0.2) is 5.76 Å². The van der Waals surface area contributed by atoms with Gasteiger partial charge in [-0.3, -0.25) is 4.79 Å². The average Bonchev–Trinajstić information content (AvgIpc) is 3.10. The van der Waals surface area contributed by atoms with Crippen LogP contribution in [0.2, 0.25) is 0 Å². The summed E-state index contributed by atoms with van der Waals surface area (Å²) in [5, 5.41) is 2.20. The number of aromatic nitrogens is 3. The van der Waals surface area contributed by atoms with Crippen molar-refractivity contribution in [3.05, 3.63) is 64.8 Å². The first-order chi connectivity index (χ1) is 14.3. The average molecular weight is 415 g/mol. The van der Waals surface area contributed by atoms with E-state index in [1.54, 1.807) is 0 Å². The molecule has 0 aliphatic heterocycles. The first kappa shape index (κ1) is 20.3. The normalized spacial score (nSPS) is 23.8. The standard InChI is InChI=1S/C22H23F2N3O3/c1-3-14(16-9-22(23,24)10-16)5-4-13(2)15-6-17(7-15)29-21-12-25-18(11-26-21)19-8-20(28)27-30-19/h3-5,8,11-12,15-17H,2,6-7,9-10H2,1H3,(H,27,28)/b5-4-,14-3+.